The van der Waals surface area contributed by atoms with Crippen molar-refractivity contribution >= 4 is 11.4 Å². The van der Waals surface area contributed by atoms with Crippen LogP contribution in [0, 0.1) is 27.7 Å². The molecule has 0 atom stereocenters. The normalized spacial score (nSPS) is 21.1. The molecule has 0 radical (unpaired) electrons. The fourth-order valence-corrected chi connectivity index (χ4v) is 6.40. The van der Waals surface area contributed by atoms with E-state index in [1.807, 2.05) is 0 Å². The van der Waals surface area contributed by atoms with Crippen molar-refractivity contribution in [2.45, 2.75) is 53.1 Å². The highest BCUT2D eigenvalue weighted by molar-refractivity contribution is 5.69. The van der Waals surface area contributed by atoms with Crippen molar-refractivity contribution in [2.75, 3.05) is 37.0 Å². The largest absolute Gasteiger partial charge is 0.326 e. The molecule has 3 heterocycles. The molecule has 3 aliphatic heterocycles. The molecule has 5 rings (SSSR count). The van der Waals surface area contributed by atoms with E-state index < -0.39 is 0 Å². The molecule has 4 heteroatoms. The van der Waals surface area contributed by atoms with Crippen molar-refractivity contribution in [3.8, 4) is 0 Å². The number of nitrogens with zero attached hydrogens (tertiary/aromatic N) is 4. The van der Waals surface area contributed by atoms with Gasteiger partial charge in [-0.3, -0.25) is 0 Å². The number of anilines is 2. The minimum absolute atomic E-state index is 0.224. The Kier molecular flexibility index (Phi) is 3.85. The Morgan fingerprint density at radius 2 is 1.11 bits per heavy atom. The van der Waals surface area contributed by atoms with Gasteiger partial charge in [0.1, 0.15) is 0 Å². The average molecular weight is 377 g/mol. The number of hydrogen-bond donors (Lipinski definition) is 0. The lowest BCUT2D eigenvalue weighted by Gasteiger charge is -2.66. The van der Waals surface area contributed by atoms with Gasteiger partial charge in [0.15, 0.2) is 0 Å². The summed E-state index contributed by atoms with van der Waals surface area (Å²) in [5.41, 5.74) is 11.3. The Morgan fingerprint density at radius 3 is 1.54 bits per heavy atom. The molecule has 0 amide bonds. The maximum atomic E-state index is 2.69. The monoisotopic (exact) mass is 376 g/mol. The topological polar surface area (TPSA) is 13.0 Å². The third-order valence-corrected chi connectivity index (χ3v) is 7.05. The van der Waals surface area contributed by atoms with Crippen molar-refractivity contribution in [3.05, 3.63) is 57.6 Å². The molecule has 2 aromatic carbocycles. The van der Waals surface area contributed by atoms with E-state index in [9.17, 15) is 0 Å². The lowest BCUT2D eigenvalue weighted by Crippen LogP contribution is -2.81. The van der Waals surface area contributed by atoms with E-state index in [2.05, 4.69) is 85.7 Å². The number of rotatable bonds is 0. The molecule has 0 unspecified atom stereocenters. The summed E-state index contributed by atoms with van der Waals surface area (Å²) < 4.78 is 0. The molecule has 28 heavy (non-hydrogen) atoms. The summed E-state index contributed by atoms with van der Waals surface area (Å²) in [5.74, 6) is -0.224. The molecule has 1 fully saturated rings. The van der Waals surface area contributed by atoms with Crippen LogP contribution in [0.1, 0.15) is 39.8 Å². The predicted molar refractivity (Wildman–Crippen MR) is 117 cm³/mol. The van der Waals surface area contributed by atoms with Gasteiger partial charge in [0.05, 0.1) is 0 Å². The van der Waals surface area contributed by atoms with Gasteiger partial charge >= 0.3 is 0 Å². The SMILES string of the molecule is Cc1cc(C)c2c(c1)CN1CCCN3Cc4cc(C)cc(C)c4N(C)C13N2C. The lowest BCUT2D eigenvalue weighted by molar-refractivity contribution is -0.109. The van der Waals surface area contributed by atoms with Gasteiger partial charge in [-0.2, -0.15) is 0 Å². The van der Waals surface area contributed by atoms with Gasteiger partial charge in [-0.1, -0.05) is 35.4 Å². The smallest absolute Gasteiger partial charge is 0.234 e. The summed E-state index contributed by atoms with van der Waals surface area (Å²) in [4.78, 5) is 10.5. The highest BCUT2D eigenvalue weighted by atomic mass is 15.7. The molecule has 0 aromatic heterocycles. The Balaban J connectivity index is 1.74. The number of benzene rings is 2. The first-order chi connectivity index (χ1) is 13.3. The molecule has 3 aliphatic rings. The first-order valence-corrected chi connectivity index (χ1v) is 10.5. The van der Waals surface area contributed by atoms with Crippen LogP contribution in [0.15, 0.2) is 24.3 Å². The van der Waals surface area contributed by atoms with Crippen molar-refractivity contribution in [1.82, 2.24) is 9.80 Å². The van der Waals surface area contributed by atoms with Gasteiger partial charge in [-0.15, -0.1) is 0 Å². The van der Waals surface area contributed by atoms with Gasteiger partial charge in [-0.25, -0.2) is 9.80 Å². The van der Waals surface area contributed by atoms with Crippen LogP contribution in [-0.4, -0.2) is 42.9 Å². The Labute approximate surface area is 169 Å². The lowest BCUT2D eigenvalue weighted by atomic mass is 9.93. The van der Waals surface area contributed by atoms with E-state index >= 15 is 0 Å². The maximum Gasteiger partial charge on any atom is 0.234 e. The second-order valence-electron chi connectivity index (χ2n) is 9.09. The minimum Gasteiger partial charge on any atom is -0.326 e. The van der Waals surface area contributed by atoms with Crippen LogP contribution in [0.5, 0.6) is 0 Å². The second-order valence-corrected chi connectivity index (χ2v) is 9.09. The Hall–Kier alpha value is -2.04. The van der Waals surface area contributed by atoms with E-state index in [0.29, 0.717) is 0 Å². The summed E-state index contributed by atoms with van der Waals surface area (Å²) in [6, 6.07) is 9.44. The first kappa shape index (κ1) is 18.0. The first-order valence-electron chi connectivity index (χ1n) is 10.5. The van der Waals surface area contributed by atoms with E-state index in [1.54, 1.807) is 0 Å². The van der Waals surface area contributed by atoms with Crippen LogP contribution in [0.3, 0.4) is 0 Å². The molecule has 1 saturated heterocycles. The second kappa shape index (κ2) is 5.98. The summed E-state index contributed by atoms with van der Waals surface area (Å²) in [5, 5.41) is 0. The van der Waals surface area contributed by atoms with Gasteiger partial charge in [-0.05, 0) is 56.4 Å². The fraction of sp³-hybridized carbons (Fsp3) is 0.500. The van der Waals surface area contributed by atoms with Crippen molar-refractivity contribution in [3.63, 3.8) is 0 Å². The highest BCUT2D eigenvalue weighted by Crippen LogP contribution is 2.49. The molecular weight excluding hydrogens is 344 g/mol. The highest BCUT2D eigenvalue weighted by Gasteiger charge is 2.57. The molecule has 0 saturated carbocycles. The third-order valence-electron chi connectivity index (χ3n) is 7.05. The molecule has 148 valence electrons. The number of fused-ring (bicyclic) bond motifs is 2. The van der Waals surface area contributed by atoms with Gasteiger partial charge in [0, 0.05) is 51.6 Å². The Bertz CT molecular complexity index is 886. The molecule has 4 nitrogen and oxygen atoms in total. The molecular formula is C24H32N4. The van der Waals surface area contributed by atoms with E-state index in [-0.39, 0.29) is 5.91 Å². The van der Waals surface area contributed by atoms with Gasteiger partial charge in [0.25, 0.3) is 0 Å². The molecule has 0 aliphatic carbocycles. The Morgan fingerprint density at radius 1 is 0.679 bits per heavy atom. The third kappa shape index (κ3) is 2.19. The number of aryl methyl sites for hydroxylation is 4. The predicted octanol–water partition coefficient (Wildman–Crippen LogP) is 4.14. The van der Waals surface area contributed by atoms with Crippen LogP contribution in [0.4, 0.5) is 11.4 Å². The van der Waals surface area contributed by atoms with Crippen LogP contribution in [-0.2, 0) is 13.1 Å². The summed E-state index contributed by atoms with van der Waals surface area (Å²) in [7, 11) is 4.60. The zero-order chi connectivity index (χ0) is 19.8. The quantitative estimate of drug-likeness (QED) is 0.685. The van der Waals surface area contributed by atoms with Crippen molar-refractivity contribution < 1.29 is 0 Å². The molecule has 0 bridgehead atoms. The molecule has 1 spiro atoms. The summed E-state index contributed by atoms with van der Waals surface area (Å²) in [6.45, 7) is 13.3. The minimum atomic E-state index is -0.224. The van der Waals surface area contributed by atoms with E-state index in [4.69, 9.17) is 0 Å². The number of hydrogen-bond acceptors (Lipinski definition) is 4. The van der Waals surface area contributed by atoms with E-state index in [1.165, 1.54) is 51.2 Å². The molecule has 0 N–H and O–H groups in total. The van der Waals surface area contributed by atoms with Crippen LogP contribution in [0.25, 0.3) is 0 Å². The standard InChI is InChI=1S/C24H32N4/c1-16-10-18(3)22-20(12-16)14-27-8-7-9-28-15-21-13-17(2)11-19(4)23(21)26(6)24(27,28)25(22)5/h10-13H,7-9,14-15H2,1-6H3. The van der Waals surface area contributed by atoms with Crippen molar-refractivity contribution in [1.29, 1.82) is 0 Å². The van der Waals surface area contributed by atoms with Gasteiger partial charge < -0.3 is 9.80 Å². The van der Waals surface area contributed by atoms with Gasteiger partial charge in [0.2, 0.25) is 5.91 Å². The van der Waals surface area contributed by atoms with Crippen LogP contribution in [0.2, 0.25) is 0 Å². The fourth-order valence-electron chi connectivity index (χ4n) is 6.40. The summed E-state index contributed by atoms with van der Waals surface area (Å²) >= 11 is 0. The molecule has 2 aromatic rings. The van der Waals surface area contributed by atoms with E-state index in [0.717, 1.165) is 26.2 Å². The average Bonchev–Trinajstić information content (AvgIpc) is 2.60. The summed E-state index contributed by atoms with van der Waals surface area (Å²) in [6.07, 6.45) is 1.23. The maximum absolute atomic E-state index is 2.69. The zero-order valence-electron chi connectivity index (χ0n) is 18.1. The van der Waals surface area contributed by atoms with Crippen LogP contribution < -0.4 is 9.80 Å². The van der Waals surface area contributed by atoms with Crippen molar-refractivity contribution in [2.24, 2.45) is 0 Å². The zero-order valence-corrected chi connectivity index (χ0v) is 18.1. The van der Waals surface area contributed by atoms with Crippen LogP contribution >= 0.6 is 0 Å².